The van der Waals surface area contributed by atoms with E-state index in [0.717, 1.165) is 25.4 Å². The molecule has 3 nitrogen and oxygen atoms in total. The van der Waals surface area contributed by atoms with Crippen LogP contribution in [0.1, 0.15) is 32.1 Å². The molecule has 0 bridgehead atoms. The molecule has 1 atom stereocenters. The average molecular weight is 209 g/mol. The fourth-order valence-corrected chi connectivity index (χ4v) is 2.99. The van der Waals surface area contributed by atoms with Gasteiger partial charge in [-0.15, -0.1) is 0 Å². The summed E-state index contributed by atoms with van der Waals surface area (Å²) >= 11 is 0. The monoisotopic (exact) mass is 209 g/mol. The van der Waals surface area contributed by atoms with Crippen molar-refractivity contribution in [2.24, 2.45) is 11.3 Å². The maximum absolute atomic E-state index is 11.4. The van der Waals surface area contributed by atoms with Crippen molar-refractivity contribution in [2.45, 2.75) is 38.1 Å². The lowest BCUT2D eigenvalue weighted by molar-refractivity contribution is -0.152. The van der Waals surface area contributed by atoms with Crippen molar-refractivity contribution < 1.29 is 9.53 Å². The maximum atomic E-state index is 11.4. The van der Waals surface area contributed by atoms with Crippen LogP contribution in [-0.4, -0.2) is 37.1 Å². The van der Waals surface area contributed by atoms with Crippen LogP contribution in [0.15, 0.2) is 0 Å². The zero-order valence-electron chi connectivity index (χ0n) is 9.37. The number of methoxy groups -OCH3 is 1. The van der Waals surface area contributed by atoms with Crippen LogP contribution in [0.4, 0.5) is 0 Å². The van der Waals surface area contributed by atoms with Crippen molar-refractivity contribution in [3.63, 3.8) is 0 Å². The predicted molar refractivity (Wildman–Crippen MR) is 56.4 cm³/mol. The quantitative estimate of drug-likeness (QED) is 0.656. The summed E-state index contributed by atoms with van der Waals surface area (Å²) < 4.78 is 4.81. The van der Waals surface area contributed by atoms with Gasteiger partial charge in [0.25, 0.3) is 0 Å². The molecule has 1 unspecified atom stereocenters. The Morgan fingerprint density at radius 2 is 2.13 bits per heavy atom. The minimum Gasteiger partial charge on any atom is -0.468 e. The van der Waals surface area contributed by atoms with Gasteiger partial charge in [-0.25, -0.2) is 0 Å². The minimum atomic E-state index is -0.0344. The largest absolute Gasteiger partial charge is 0.468 e. The third-order valence-corrected chi connectivity index (χ3v) is 4.46. The Labute approximate surface area is 90.8 Å². The van der Waals surface area contributed by atoms with Gasteiger partial charge < -0.3 is 4.74 Å². The molecular formula is C12H19NO2. The molecule has 1 aliphatic heterocycles. The first-order valence-electron chi connectivity index (χ1n) is 6.07. The molecule has 15 heavy (non-hydrogen) atoms. The number of hydrogen-bond acceptors (Lipinski definition) is 3. The van der Waals surface area contributed by atoms with Gasteiger partial charge in [0.15, 0.2) is 0 Å². The van der Waals surface area contributed by atoms with E-state index in [0.29, 0.717) is 5.41 Å². The first-order chi connectivity index (χ1) is 7.25. The zero-order valence-corrected chi connectivity index (χ0v) is 9.37. The second-order valence-electron chi connectivity index (χ2n) is 5.43. The average Bonchev–Trinajstić information content (AvgIpc) is 3.02. The molecule has 3 heteroatoms. The molecule has 0 radical (unpaired) electrons. The van der Waals surface area contributed by atoms with Crippen LogP contribution < -0.4 is 0 Å². The van der Waals surface area contributed by atoms with E-state index >= 15 is 0 Å². The Hall–Kier alpha value is -0.570. The normalized spacial score (nSPS) is 33.3. The topological polar surface area (TPSA) is 29.5 Å². The highest BCUT2D eigenvalue weighted by atomic mass is 16.5. The van der Waals surface area contributed by atoms with Gasteiger partial charge in [0.05, 0.1) is 7.11 Å². The van der Waals surface area contributed by atoms with Gasteiger partial charge in [-0.1, -0.05) is 0 Å². The van der Waals surface area contributed by atoms with Crippen molar-refractivity contribution in [1.82, 2.24) is 4.90 Å². The van der Waals surface area contributed by atoms with Gasteiger partial charge in [-0.3, -0.25) is 9.69 Å². The van der Waals surface area contributed by atoms with Crippen LogP contribution in [0, 0.1) is 11.3 Å². The summed E-state index contributed by atoms with van der Waals surface area (Å²) in [6.07, 6.45) is 6.63. The van der Waals surface area contributed by atoms with E-state index in [1.807, 2.05) is 0 Å². The highest BCUT2D eigenvalue weighted by molar-refractivity contribution is 5.76. The Morgan fingerprint density at radius 1 is 1.40 bits per heavy atom. The number of hydrogen-bond donors (Lipinski definition) is 0. The number of esters is 1. The summed E-state index contributed by atoms with van der Waals surface area (Å²) in [5.41, 5.74) is 0.618. The first kappa shape index (κ1) is 9.64. The van der Waals surface area contributed by atoms with Crippen LogP contribution in [-0.2, 0) is 9.53 Å². The summed E-state index contributed by atoms with van der Waals surface area (Å²) in [5.74, 6) is 0.948. The SMILES string of the molecule is COC(=O)C1CCN1CC1(C2CC2)CC1. The number of carbonyl (C=O) groups is 1. The molecule has 0 N–H and O–H groups in total. The third-order valence-electron chi connectivity index (χ3n) is 4.46. The molecule has 0 amide bonds. The maximum Gasteiger partial charge on any atom is 0.323 e. The van der Waals surface area contributed by atoms with Gasteiger partial charge in [0.1, 0.15) is 6.04 Å². The summed E-state index contributed by atoms with van der Waals surface area (Å²) in [4.78, 5) is 13.8. The third kappa shape index (κ3) is 1.57. The second-order valence-corrected chi connectivity index (χ2v) is 5.43. The van der Waals surface area contributed by atoms with Crippen molar-refractivity contribution in [2.75, 3.05) is 20.2 Å². The Bertz CT molecular complexity index is 281. The Kier molecular flexibility index (Phi) is 2.06. The molecule has 3 fully saturated rings. The smallest absolute Gasteiger partial charge is 0.323 e. The summed E-state index contributed by atoms with van der Waals surface area (Å²) in [6.45, 7) is 2.24. The highest BCUT2D eigenvalue weighted by Gasteiger charge is 2.55. The van der Waals surface area contributed by atoms with Crippen LogP contribution >= 0.6 is 0 Å². The molecule has 2 aliphatic carbocycles. The molecule has 3 rings (SSSR count). The van der Waals surface area contributed by atoms with Gasteiger partial charge >= 0.3 is 5.97 Å². The lowest BCUT2D eigenvalue weighted by Gasteiger charge is -2.41. The van der Waals surface area contributed by atoms with Crippen LogP contribution in [0.3, 0.4) is 0 Å². The van der Waals surface area contributed by atoms with E-state index in [1.54, 1.807) is 0 Å². The van der Waals surface area contributed by atoms with E-state index in [1.165, 1.54) is 32.8 Å². The van der Waals surface area contributed by atoms with Crippen molar-refractivity contribution in [1.29, 1.82) is 0 Å². The molecule has 3 aliphatic rings. The lowest BCUT2D eigenvalue weighted by Crippen LogP contribution is -2.54. The van der Waals surface area contributed by atoms with E-state index < -0.39 is 0 Å². The van der Waals surface area contributed by atoms with E-state index in [2.05, 4.69) is 4.90 Å². The molecule has 0 aromatic carbocycles. The Morgan fingerprint density at radius 3 is 2.53 bits per heavy atom. The molecule has 0 spiro atoms. The fraction of sp³-hybridized carbons (Fsp3) is 0.917. The molecule has 0 aromatic rings. The van der Waals surface area contributed by atoms with Gasteiger partial charge in [-0.2, -0.15) is 0 Å². The van der Waals surface area contributed by atoms with Gasteiger partial charge in [-0.05, 0) is 43.4 Å². The van der Waals surface area contributed by atoms with Crippen LogP contribution in [0.25, 0.3) is 0 Å². The molecule has 1 heterocycles. The first-order valence-corrected chi connectivity index (χ1v) is 6.07. The number of carbonyl (C=O) groups excluding carboxylic acids is 1. The van der Waals surface area contributed by atoms with Crippen LogP contribution in [0.5, 0.6) is 0 Å². The van der Waals surface area contributed by atoms with Gasteiger partial charge in [0, 0.05) is 13.1 Å². The number of nitrogens with zero attached hydrogens (tertiary/aromatic N) is 1. The molecule has 1 saturated heterocycles. The molecule has 2 saturated carbocycles. The Balaban J connectivity index is 1.57. The predicted octanol–water partition coefficient (Wildman–Crippen LogP) is 1.42. The standard InChI is InChI=1S/C12H19NO2/c1-15-11(14)10-4-7-13(10)8-12(5-6-12)9-2-3-9/h9-10H,2-8H2,1H3. The molecular weight excluding hydrogens is 190 g/mol. The fourth-order valence-electron chi connectivity index (χ4n) is 2.99. The number of likely N-dealkylation sites (tertiary alicyclic amines) is 1. The lowest BCUT2D eigenvalue weighted by atomic mass is 9.94. The summed E-state index contributed by atoms with van der Waals surface area (Å²) in [5, 5.41) is 0. The van der Waals surface area contributed by atoms with E-state index in [4.69, 9.17) is 4.74 Å². The van der Waals surface area contributed by atoms with E-state index in [9.17, 15) is 4.79 Å². The molecule has 84 valence electrons. The zero-order chi connectivity index (χ0) is 10.5. The van der Waals surface area contributed by atoms with Crippen LogP contribution in [0.2, 0.25) is 0 Å². The van der Waals surface area contributed by atoms with Gasteiger partial charge in [0.2, 0.25) is 0 Å². The summed E-state index contributed by atoms with van der Waals surface area (Å²) in [7, 11) is 1.49. The van der Waals surface area contributed by atoms with Crippen molar-refractivity contribution in [3.05, 3.63) is 0 Å². The van der Waals surface area contributed by atoms with Crippen molar-refractivity contribution in [3.8, 4) is 0 Å². The highest BCUT2D eigenvalue weighted by Crippen LogP contribution is 2.62. The molecule has 0 aromatic heterocycles. The number of rotatable bonds is 4. The summed E-state index contributed by atoms with van der Waals surface area (Å²) in [6, 6.07) is 0.0752. The second kappa shape index (κ2) is 3.21. The van der Waals surface area contributed by atoms with Crippen molar-refractivity contribution >= 4 is 5.97 Å². The van der Waals surface area contributed by atoms with E-state index in [-0.39, 0.29) is 12.0 Å². The number of ether oxygens (including phenoxy) is 1. The minimum absolute atomic E-state index is 0.0344.